The molecule has 6 heteroatoms. The smallest absolute Gasteiger partial charge is 0.243 e. The summed E-state index contributed by atoms with van der Waals surface area (Å²) in [5, 5.41) is 5.51. The van der Waals surface area contributed by atoms with Crippen molar-refractivity contribution in [2.45, 2.75) is 38.3 Å². The second-order valence-corrected chi connectivity index (χ2v) is 5.16. The van der Waals surface area contributed by atoms with Crippen molar-refractivity contribution in [3.63, 3.8) is 0 Å². The van der Waals surface area contributed by atoms with Crippen molar-refractivity contribution in [3.05, 3.63) is 30.2 Å². The Kier molecular flexibility index (Phi) is 3.85. The number of fused-ring (bicyclic) bond motifs is 1. The normalized spacial score (nSPS) is 19.0. The molecule has 0 radical (unpaired) electrons. The molecule has 0 bridgehead atoms. The maximum absolute atomic E-state index is 12.1. The zero-order valence-corrected chi connectivity index (χ0v) is 11.6. The van der Waals surface area contributed by atoms with Gasteiger partial charge in [-0.15, -0.1) is 0 Å². The molecule has 1 saturated heterocycles. The van der Waals surface area contributed by atoms with Crippen molar-refractivity contribution in [1.29, 1.82) is 0 Å². The monoisotopic (exact) mass is 287 g/mol. The fourth-order valence-electron chi connectivity index (χ4n) is 2.45. The number of amides is 2. The van der Waals surface area contributed by atoms with Crippen molar-refractivity contribution in [2.75, 3.05) is 0 Å². The lowest BCUT2D eigenvalue weighted by molar-refractivity contribution is -0.128. The van der Waals surface area contributed by atoms with Gasteiger partial charge in [0.2, 0.25) is 17.7 Å². The van der Waals surface area contributed by atoms with Crippen LogP contribution >= 0.6 is 0 Å². The van der Waals surface area contributed by atoms with Crippen LogP contribution in [0.2, 0.25) is 0 Å². The van der Waals surface area contributed by atoms with Gasteiger partial charge in [0.25, 0.3) is 0 Å². The Morgan fingerprint density at radius 3 is 3.10 bits per heavy atom. The fraction of sp³-hybridized carbons (Fsp3) is 0.400. The van der Waals surface area contributed by atoms with Crippen LogP contribution in [-0.2, 0) is 16.1 Å². The first kappa shape index (κ1) is 13.6. The van der Waals surface area contributed by atoms with Crippen LogP contribution in [0.1, 0.15) is 31.6 Å². The van der Waals surface area contributed by atoms with Crippen molar-refractivity contribution in [1.82, 2.24) is 15.6 Å². The van der Waals surface area contributed by atoms with E-state index >= 15 is 0 Å². The van der Waals surface area contributed by atoms with E-state index in [1.165, 1.54) is 0 Å². The van der Waals surface area contributed by atoms with E-state index in [0.29, 0.717) is 24.3 Å². The number of benzene rings is 1. The topological polar surface area (TPSA) is 84.2 Å². The van der Waals surface area contributed by atoms with Crippen LogP contribution in [0.25, 0.3) is 11.1 Å². The number of nitrogens with zero attached hydrogens (tertiary/aromatic N) is 1. The summed E-state index contributed by atoms with van der Waals surface area (Å²) in [4.78, 5) is 27.9. The first-order chi connectivity index (χ1) is 10.2. The fourth-order valence-corrected chi connectivity index (χ4v) is 2.45. The Hall–Kier alpha value is -2.37. The summed E-state index contributed by atoms with van der Waals surface area (Å²) in [5.74, 6) is 0.214. The lowest BCUT2D eigenvalue weighted by Gasteiger charge is -2.14. The van der Waals surface area contributed by atoms with E-state index < -0.39 is 6.04 Å². The Morgan fingerprint density at radius 1 is 1.38 bits per heavy atom. The predicted molar refractivity (Wildman–Crippen MR) is 76.3 cm³/mol. The number of hydrogen-bond acceptors (Lipinski definition) is 4. The minimum atomic E-state index is -0.454. The van der Waals surface area contributed by atoms with Gasteiger partial charge in [-0.25, -0.2) is 4.98 Å². The molecule has 3 rings (SSSR count). The van der Waals surface area contributed by atoms with Gasteiger partial charge in [-0.3, -0.25) is 9.59 Å². The summed E-state index contributed by atoms with van der Waals surface area (Å²) < 4.78 is 5.54. The SMILES string of the molecule is O=C1CCCC[C@@H](C(=O)NCc2nc3ccccc3o2)N1. The molecule has 0 spiro atoms. The maximum Gasteiger partial charge on any atom is 0.243 e. The molecule has 2 aromatic rings. The molecule has 1 aromatic carbocycles. The molecule has 1 fully saturated rings. The third-order valence-electron chi connectivity index (χ3n) is 3.55. The molecule has 110 valence electrons. The van der Waals surface area contributed by atoms with Gasteiger partial charge >= 0.3 is 0 Å². The molecule has 0 unspecified atom stereocenters. The van der Waals surface area contributed by atoms with Crippen molar-refractivity contribution >= 4 is 22.9 Å². The van der Waals surface area contributed by atoms with E-state index in [9.17, 15) is 9.59 Å². The Labute approximate surface area is 121 Å². The van der Waals surface area contributed by atoms with Crippen molar-refractivity contribution < 1.29 is 14.0 Å². The number of rotatable bonds is 3. The zero-order chi connectivity index (χ0) is 14.7. The second-order valence-electron chi connectivity index (χ2n) is 5.16. The number of carbonyl (C=O) groups excluding carboxylic acids is 2. The molecule has 0 aliphatic carbocycles. The second kappa shape index (κ2) is 5.95. The third kappa shape index (κ3) is 3.21. The van der Waals surface area contributed by atoms with Gasteiger partial charge in [-0.1, -0.05) is 18.6 Å². The number of carbonyl (C=O) groups is 2. The van der Waals surface area contributed by atoms with Crippen LogP contribution in [-0.4, -0.2) is 22.8 Å². The largest absolute Gasteiger partial charge is 0.439 e. The summed E-state index contributed by atoms with van der Waals surface area (Å²) in [7, 11) is 0. The third-order valence-corrected chi connectivity index (χ3v) is 3.55. The number of aromatic nitrogens is 1. The summed E-state index contributed by atoms with van der Waals surface area (Å²) in [5.41, 5.74) is 1.47. The molecule has 6 nitrogen and oxygen atoms in total. The van der Waals surface area contributed by atoms with E-state index in [4.69, 9.17) is 4.42 Å². The molecular weight excluding hydrogens is 270 g/mol. The summed E-state index contributed by atoms with van der Waals surface area (Å²) in [6.45, 7) is 0.222. The highest BCUT2D eigenvalue weighted by atomic mass is 16.3. The molecule has 1 aliphatic heterocycles. The van der Waals surface area contributed by atoms with E-state index in [1.807, 2.05) is 24.3 Å². The van der Waals surface area contributed by atoms with Gasteiger partial charge in [-0.05, 0) is 25.0 Å². The standard InChI is InChI=1S/C15H17N3O3/c19-13-8-4-2-6-11(17-13)15(20)16-9-14-18-10-5-1-3-7-12(10)21-14/h1,3,5,7,11H,2,4,6,8-9H2,(H,16,20)(H,17,19)/t11-/m0/s1. The molecule has 2 amide bonds. The molecular formula is C15H17N3O3. The van der Waals surface area contributed by atoms with Crippen molar-refractivity contribution in [3.8, 4) is 0 Å². The molecule has 0 saturated carbocycles. The summed E-state index contributed by atoms with van der Waals surface area (Å²) in [6.07, 6.45) is 2.88. The van der Waals surface area contributed by atoms with Gasteiger partial charge in [0.1, 0.15) is 11.6 Å². The Morgan fingerprint density at radius 2 is 2.24 bits per heavy atom. The highest BCUT2D eigenvalue weighted by molar-refractivity contribution is 5.87. The van der Waals surface area contributed by atoms with Crippen LogP contribution in [0.5, 0.6) is 0 Å². The highest BCUT2D eigenvalue weighted by Gasteiger charge is 2.23. The zero-order valence-electron chi connectivity index (χ0n) is 11.6. The van der Waals surface area contributed by atoms with Crippen LogP contribution in [0.3, 0.4) is 0 Å². The quantitative estimate of drug-likeness (QED) is 0.896. The van der Waals surface area contributed by atoms with Gasteiger partial charge in [0.15, 0.2) is 5.58 Å². The molecule has 2 N–H and O–H groups in total. The average Bonchev–Trinajstić information content (AvgIpc) is 2.78. The van der Waals surface area contributed by atoms with Gasteiger partial charge in [0, 0.05) is 6.42 Å². The molecule has 1 aromatic heterocycles. The molecule has 21 heavy (non-hydrogen) atoms. The highest BCUT2D eigenvalue weighted by Crippen LogP contribution is 2.14. The first-order valence-electron chi connectivity index (χ1n) is 7.14. The predicted octanol–water partition coefficient (Wildman–Crippen LogP) is 1.50. The van der Waals surface area contributed by atoms with E-state index in [2.05, 4.69) is 15.6 Å². The van der Waals surface area contributed by atoms with Crippen LogP contribution in [0.4, 0.5) is 0 Å². The number of oxazole rings is 1. The lowest BCUT2D eigenvalue weighted by atomic mass is 10.1. The van der Waals surface area contributed by atoms with E-state index in [0.717, 1.165) is 18.4 Å². The van der Waals surface area contributed by atoms with Gasteiger partial charge in [0.05, 0.1) is 6.54 Å². The molecule has 2 heterocycles. The molecule has 1 atom stereocenters. The molecule has 1 aliphatic rings. The number of hydrogen-bond donors (Lipinski definition) is 2. The van der Waals surface area contributed by atoms with Crippen LogP contribution in [0, 0.1) is 0 Å². The first-order valence-corrected chi connectivity index (χ1v) is 7.14. The number of para-hydroxylation sites is 2. The van der Waals surface area contributed by atoms with Crippen LogP contribution < -0.4 is 10.6 Å². The Balaban J connectivity index is 1.61. The lowest BCUT2D eigenvalue weighted by Crippen LogP contribution is -2.45. The average molecular weight is 287 g/mol. The summed E-state index contributed by atoms with van der Waals surface area (Å²) in [6, 6.07) is 6.99. The van der Waals surface area contributed by atoms with E-state index in [1.54, 1.807) is 0 Å². The van der Waals surface area contributed by atoms with Crippen LogP contribution in [0.15, 0.2) is 28.7 Å². The van der Waals surface area contributed by atoms with E-state index in [-0.39, 0.29) is 18.4 Å². The minimum Gasteiger partial charge on any atom is -0.439 e. The maximum atomic E-state index is 12.1. The minimum absolute atomic E-state index is 0.0606. The van der Waals surface area contributed by atoms with Crippen molar-refractivity contribution in [2.24, 2.45) is 0 Å². The number of nitrogens with one attached hydrogen (secondary N) is 2. The van der Waals surface area contributed by atoms with Gasteiger partial charge in [-0.2, -0.15) is 0 Å². The Bertz CT molecular complexity index is 632. The van der Waals surface area contributed by atoms with Gasteiger partial charge < -0.3 is 15.1 Å². The summed E-state index contributed by atoms with van der Waals surface area (Å²) >= 11 is 0.